The lowest BCUT2D eigenvalue weighted by atomic mass is 10.2. The zero-order chi connectivity index (χ0) is 17.8. The second-order valence-electron chi connectivity index (χ2n) is 5.78. The number of rotatable bonds is 6. The van der Waals surface area contributed by atoms with Crippen molar-refractivity contribution in [1.29, 1.82) is 0 Å². The van der Waals surface area contributed by atoms with Gasteiger partial charge in [-0.15, -0.1) is 11.3 Å². The second-order valence-corrected chi connectivity index (χ2v) is 6.73. The smallest absolute Gasteiger partial charge is 0.270 e. The van der Waals surface area contributed by atoms with Gasteiger partial charge in [0.15, 0.2) is 0 Å². The first-order valence-electron chi connectivity index (χ1n) is 8.21. The lowest BCUT2D eigenvalue weighted by Gasteiger charge is -2.12. The van der Waals surface area contributed by atoms with Crippen molar-refractivity contribution in [1.82, 2.24) is 15.1 Å². The minimum atomic E-state index is -0.125. The number of nitrogens with one attached hydrogen (secondary N) is 1. The zero-order valence-corrected chi connectivity index (χ0v) is 15.3. The summed E-state index contributed by atoms with van der Waals surface area (Å²) in [5.74, 6) is 0.639. The molecule has 0 aliphatic heterocycles. The van der Waals surface area contributed by atoms with Gasteiger partial charge in [0.1, 0.15) is 17.1 Å². The van der Waals surface area contributed by atoms with E-state index >= 15 is 0 Å². The zero-order valence-electron chi connectivity index (χ0n) is 14.5. The van der Waals surface area contributed by atoms with E-state index in [0.717, 1.165) is 28.4 Å². The number of amides is 1. The van der Waals surface area contributed by atoms with Crippen LogP contribution in [-0.4, -0.2) is 28.8 Å². The number of aromatic nitrogens is 2. The average Bonchev–Trinajstić information content (AvgIpc) is 3.31. The van der Waals surface area contributed by atoms with Crippen molar-refractivity contribution in [3.05, 3.63) is 53.5 Å². The normalized spacial score (nSPS) is 12.0. The van der Waals surface area contributed by atoms with Gasteiger partial charge in [0.05, 0.1) is 17.7 Å². The molecular weight excluding hydrogens is 334 g/mol. The summed E-state index contributed by atoms with van der Waals surface area (Å²) in [6, 6.07) is 13.4. The number of ether oxygens (including phenoxy) is 1. The number of hydrogen-bond donors (Lipinski definition) is 1. The molecule has 3 rings (SSSR count). The van der Waals surface area contributed by atoms with Crippen molar-refractivity contribution in [2.24, 2.45) is 0 Å². The van der Waals surface area contributed by atoms with E-state index in [1.165, 1.54) is 0 Å². The second kappa shape index (κ2) is 7.53. The van der Waals surface area contributed by atoms with Crippen molar-refractivity contribution in [3.8, 4) is 22.0 Å². The molecule has 2 heterocycles. The van der Waals surface area contributed by atoms with Gasteiger partial charge in [-0.1, -0.05) is 13.0 Å². The van der Waals surface area contributed by atoms with Gasteiger partial charge in [-0.2, -0.15) is 5.10 Å². The fourth-order valence-corrected chi connectivity index (χ4v) is 3.09. The Morgan fingerprint density at radius 3 is 2.68 bits per heavy atom. The van der Waals surface area contributed by atoms with Gasteiger partial charge < -0.3 is 10.1 Å². The maximum atomic E-state index is 12.7. The van der Waals surface area contributed by atoms with E-state index in [-0.39, 0.29) is 11.9 Å². The fourth-order valence-electron chi connectivity index (χ4n) is 2.41. The molecule has 0 bridgehead atoms. The van der Waals surface area contributed by atoms with Crippen molar-refractivity contribution >= 4 is 17.2 Å². The minimum absolute atomic E-state index is 0.108. The monoisotopic (exact) mass is 355 g/mol. The van der Waals surface area contributed by atoms with E-state index < -0.39 is 0 Å². The molecule has 0 aliphatic rings. The molecule has 130 valence electrons. The summed E-state index contributed by atoms with van der Waals surface area (Å²) in [7, 11) is 1.63. The highest BCUT2D eigenvalue weighted by atomic mass is 32.1. The van der Waals surface area contributed by atoms with Crippen LogP contribution in [0.4, 0.5) is 0 Å². The van der Waals surface area contributed by atoms with Gasteiger partial charge in [0.2, 0.25) is 0 Å². The van der Waals surface area contributed by atoms with Gasteiger partial charge in [0, 0.05) is 6.04 Å². The highest BCUT2D eigenvalue weighted by molar-refractivity contribution is 7.13. The summed E-state index contributed by atoms with van der Waals surface area (Å²) < 4.78 is 6.89. The highest BCUT2D eigenvalue weighted by Crippen LogP contribution is 2.26. The molecule has 0 fully saturated rings. The van der Waals surface area contributed by atoms with E-state index in [4.69, 9.17) is 4.74 Å². The molecule has 0 spiro atoms. The number of benzene rings is 1. The summed E-state index contributed by atoms with van der Waals surface area (Å²) in [4.78, 5) is 13.8. The molecule has 0 radical (unpaired) electrons. The average molecular weight is 355 g/mol. The quantitative estimate of drug-likeness (QED) is 0.723. The molecule has 6 heteroatoms. The number of methoxy groups -OCH3 is 1. The Labute approximate surface area is 151 Å². The fraction of sp³-hybridized carbons (Fsp3) is 0.263. The molecular formula is C19H21N3O2S. The van der Waals surface area contributed by atoms with Gasteiger partial charge in [-0.3, -0.25) is 4.79 Å². The SMILES string of the molecule is CC[C@@H](C)NC(=O)c1cc(-c2cccs2)nn1-c1ccc(OC)cc1. The Morgan fingerprint density at radius 2 is 2.08 bits per heavy atom. The molecule has 0 saturated heterocycles. The van der Waals surface area contributed by atoms with Crippen LogP contribution in [0.2, 0.25) is 0 Å². The van der Waals surface area contributed by atoms with Crippen molar-refractivity contribution in [2.45, 2.75) is 26.3 Å². The Morgan fingerprint density at radius 1 is 1.32 bits per heavy atom. The van der Waals surface area contributed by atoms with E-state index in [1.54, 1.807) is 23.1 Å². The summed E-state index contributed by atoms with van der Waals surface area (Å²) >= 11 is 1.60. The molecule has 3 aromatic rings. The van der Waals surface area contributed by atoms with Crippen LogP contribution in [0.5, 0.6) is 5.75 Å². The third-order valence-electron chi connectivity index (χ3n) is 4.02. The van der Waals surface area contributed by atoms with Crippen LogP contribution in [0.3, 0.4) is 0 Å². The summed E-state index contributed by atoms with van der Waals surface area (Å²) in [6.07, 6.45) is 0.875. The standard InChI is InChI=1S/C19H21N3O2S/c1-4-13(2)20-19(23)17-12-16(18-6-5-11-25-18)21-22(17)14-7-9-15(24-3)10-8-14/h5-13H,4H2,1-3H3,(H,20,23)/t13-/m1/s1. The Kier molecular flexibility index (Phi) is 5.19. The van der Waals surface area contributed by atoms with E-state index in [0.29, 0.717) is 5.69 Å². The van der Waals surface area contributed by atoms with Gasteiger partial charge in [-0.05, 0) is 55.1 Å². The molecule has 1 amide bonds. The Hall–Kier alpha value is -2.60. The molecule has 0 aliphatic carbocycles. The Bertz CT molecular complexity index is 838. The lowest BCUT2D eigenvalue weighted by Crippen LogP contribution is -2.33. The molecule has 5 nitrogen and oxygen atoms in total. The van der Waals surface area contributed by atoms with Crippen LogP contribution in [0.15, 0.2) is 47.8 Å². The Balaban J connectivity index is 2.03. The van der Waals surface area contributed by atoms with Crippen molar-refractivity contribution in [3.63, 3.8) is 0 Å². The van der Waals surface area contributed by atoms with E-state index in [1.807, 2.05) is 61.7 Å². The van der Waals surface area contributed by atoms with E-state index in [9.17, 15) is 4.79 Å². The first-order chi connectivity index (χ1) is 12.1. The third kappa shape index (κ3) is 3.74. The van der Waals surface area contributed by atoms with Gasteiger partial charge >= 0.3 is 0 Å². The molecule has 1 atom stereocenters. The molecule has 0 saturated carbocycles. The van der Waals surface area contributed by atoms with Gasteiger partial charge in [-0.25, -0.2) is 4.68 Å². The van der Waals surface area contributed by atoms with Crippen LogP contribution in [0.25, 0.3) is 16.3 Å². The highest BCUT2D eigenvalue weighted by Gasteiger charge is 2.19. The molecule has 2 aromatic heterocycles. The summed E-state index contributed by atoms with van der Waals surface area (Å²) in [5, 5.41) is 9.67. The molecule has 1 aromatic carbocycles. The van der Waals surface area contributed by atoms with Crippen LogP contribution in [0, 0.1) is 0 Å². The summed E-state index contributed by atoms with van der Waals surface area (Å²) in [6.45, 7) is 4.04. The van der Waals surface area contributed by atoms with Crippen LogP contribution in [-0.2, 0) is 0 Å². The molecule has 0 unspecified atom stereocenters. The van der Waals surface area contributed by atoms with Gasteiger partial charge in [0.25, 0.3) is 5.91 Å². The van der Waals surface area contributed by atoms with Crippen LogP contribution in [0.1, 0.15) is 30.8 Å². The first-order valence-corrected chi connectivity index (χ1v) is 9.09. The number of thiophene rings is 1. The molecule has 1 N–H and O–H groups in total. The largest absolute Gasteiger partial charge is 0.497 e. The number of carbonyl (C=O) groups excluding carboxylic acids is 1. The summed E-state index contributed by atoms with van der Waals surface area (Å²) in [5.41, 5.74) is 2.13. The van der Waals surface area contributed by atoms with Crippen molar-refractivity contribution in [2.75, 3.05) is 7.11 Å². The third-order valence-corrected chi connectivity index (χ3v) is 4.91. The van der Waals surface area contributed by atoms with E-state index in [2.05, 4.69) is 10.4 Å². The predicted molar refractivity (Wildman–Crippen MR) is 101 cm³/mol. The maximum absolute atomic E-state index is 12.7. The number of carbonyl (C=O) groups is 1. The maximum Gasteiger partial charge on any atom is 0.270 e. The van der Waals surface area contributed by atoms with Crippen LogP contribution < -0.4 is 10.1 Å². The minimum Gasteiger partial charge on any atom is -0.497 e. The topological polar surface area (TPSA) is 56.2 Å². The first kappa shape index (κ1) is 17.2. The van der Waals surface area contributed by atoms with Crippen LogP contribution >= 0.6 is 11.3 Å². The molecule has 25 heavy (non-hydrogen) atoms. The number of hydrogen-bond acceptors (Lipinski definition) is 4. The predicted octanol–water partition coefficient (Wildman–Crippen LogP) is 4.14. The lowest BCUT2D eigenvalue weighted by molar-refractivity contribution is 0.0931. The van der Waals surface area contributed by atoms with Crippen molar-refractivity contribution < 1.29 is 9.53 Å². The number of nitrogens with zero attached hydrogens (tertiary/aromatic N) is 2.